The van der Waals surface area contributed by atoms with E-state index in [1.165, 1.54) is 0 Å². The van der Waals surface area contributed by atoms with E-state index in [2.05, 4.69) is 32.6 Å². The molecular formula is C22H44O6. The minimum absolute atomic E-state index is 0.0164. The maximum atomic E-state index is 12.8. The highest BCUT2D eigenvalue weighted by Crippen LogP contribution is 2.29. The first kappa shape index (κ1) is 27.3. The quantitative estimate of drug-likeness (QED) is 0.171. The summed E-state index contributed by atoms with van der Waals surface area (Å²) in [5, 5.41) is 29.4. The molecule has 1 unspecified atom stereocenters. The highest BCUT2D eigenvalue weighted by atomic mass is 17.1. The van der Waals surface area contributed by atoms with Gasteiger partial charge in [0.1, 0.15) is 6.10 Å². The number of esters is 1. The molecule has 0 aliphatic rings. The van der Waals surface area contributed by atoms with Crippen LogP contribution >= 0.6 is 0 Å². The standard InChI is InChI=1S/C22H44O6/c1-9-13(3)11-15(5)19(23)17(7)21(24)27-20(18(8)22(25)28-26)16(6)12-14(4)10-2/h13-20,22-23,25-26H,9-12H2,1-8H3/t13-,14-,15-,16-,17+,18+,19+,20+,22?/m1/s1. The Labute approximate surface area is 171 Å². The van der Waals surface area contributed by atoms with E-state index in [9.17, 15) is 15.0 Å². The minimum atomic E-state index is -1.44. The van der Waals surface area contributed by atoms with Crippen LogP contribution in [0.5, 0.6) is 0 Å². The number of ether oxygens (including phenoxy) is 1. The molecule has 0 saturated heterocycles. The molecule has 168 valence electrons. The molecule has 0 bridgehead atoms. The van der Waals surface area contributed by atoms with Gasteiger partial charge in [-0.2, -0.15) is 0 Å². The number of hydrogen-bond acceptors (Lipinski definition) is 6. The molecule has 0 radical (unpaired) electrons. The Morgan fingerprint density at radius 2 is 1.32 bits per heavy atom. The SMILES string of the molecule is CC[C@@H](C)C[C@@H](C)[C@H](O)[C@H](C)C(=O)O[C@@H]([C@H](C)C[C@H](C)CC)[C@H](C)C(O)OO. The zero-order valence-electron chi connectivity index (χ0n) is 19.1. The predicted molar refractivity (Wildman–Crippen MR) is 110 cm³/mol. The number of rotatable bonds is 14. The summed E-state index contributed by atoms with van der Waals surface area (Å²) in [4.78, 5) is 16.8. The summed E-state index contributed by atoms with van der Waals surface area (Å²) in [6.45, 7) is 15.8. The lowest BCUT2D eigenvalue weighted by molar-refractivity contribution is -0.353. The van der Waals surface area contributed by atoms with Crippen LogP contribution in [-0.4, -0.2) is 39.9 Å². The molecular weight excluding hydrogens is 360 g/mol. The Hall–Kier alpha value is -0.690. The van der Waals surface area contributed by atoms with E-state index in [0.29, 0.717) is 11.8 Å². The van der Waals surface area contributed by atoms with Crippen LogP contribution in [0.25, 0.3) is 0 Å². The molecule has 0 aliphatic carbocycles. The van der Waals surface area contributed by atoms with Crippen LogP contribution in [0.3, 0.4) is 0 Å². The molecule has 6 nitrogen and oxygen atoms in total. The van der Waals surface area contributed by atoms with Gasteiger partial charge in [-0.3, -0.25) is 4.79 Å². The van der Waals surface area contributed by atoms with Crippen molar-refractivity contribution >= 4 is 5.97 Å². The fraction of sp³-hybridized carbons (Fsp3) is 0.955. The molecule has 0 rings (SSSR count). The largest absolute Gasteiger partial charge is 0.461 e. The van der Waals surface area contributed by atoms with Crippen LogP contribution in [0, 0.1) is 35.5 Å². The molecule has 0 saturated carbocycles. The van der Waals surface area contributed by atoms with E-state index in [-0.39, 0.29) is 11.8 Å². The second kappa shape index (κ2) is 13.5. The number of carbonyl (C=O) groups is 1. The molecule has 0 aromatic heterocycles. The van der Waals surface area contributed by atoms with E-state index >= 15 is 0 Å². The molecule has 0 heterocycles. The lowest BCUT2D eigenvalue weighted by Gasteiger charge is -2.34. The van der Waals surface area contributed by atoms with Crippen molar-refractivity contribution in [2.45, 2.75) is 99.6 Å². The monoisotopic (exact) mass is 404 g/mol. The molecule has 0 aromatic carbocycles. The summed E-state index contributed by atoms with van der Waals surface area (Å²) < 4.78 is 5.76. The van der Waals surface area contributed by atoms with Gasteiger partial charge >= 0.3 is 5.97 Å². The van der Waals surface area contributed by atoms with E-state index < -0.39 is 36.3 Å². The molecule has 6 heteroatoms. The zero-order valence-corrected chi connectivity index (χ0v) is 19.1. The number of hydrogen-bond donors (Lipinski definition) is 3. The number of aliphatic hydroxyl groups is 2. The maximum absolute atomic E-state index is 12.8. The summed E-state index contributed by atoms with van der Waals surface area (Å²) in [6.07, 6.45) is 0.836. The summed E-state index contributed by atoms with van der Waals surface area (Å²) in [7, 11) is 0. The Balaban J connectivity index is 5.19. The Kier molecular flexibility index (Phi) is 13.2. The first-order chi connectivity index (χ1) is 13.0. The topological polar surface area (TPSA) is 96.2 Å². The van der Waals surface area contributed by atoms with Gasteiger partial charge in [0.15, 0.2) is 6.29 Å². The summed E-state index contributed by atoms with van der Waals surface area (Å²) in [5.41, 5.74) is 0. The van der Waals surface area contributed by atoms with E-state index in [1.807, 2.05) is 13.8 Å². The lowest BCUT2D eigenvalue weighted by atomic mass is 9.84. The third-order valence-corrected chi connectivity index (χ3v) is 6.30. The van der Waals surface area contributed by atoms with Crippen molar-refractivity contribution in [1.82, 2.24) is 0 Å². The molecule has 0 aliphatic heterocycles. The highest BCUT2D eigenvalue weighted by molar-refractivity contribution is 5.73. The van der Waals surface area contributed by atoms with Crippen molar-refractivity contribution < 1.29 is 29.9 Å². The second-order valence-corrected chi connectivity index (χ2v) is 8.99. The van der Waals surface area contributed by atoms with Gasteiger partial charge in [0.05, 0.1) is 12.0 Å². The summed E-state index contributed by atoms with van der Waals surface area (Å²) in [5.74, 6) is -0.881. The Morgan fingerprint density at radius 3 is 1.75 bits per heavy atom. The molecule has 0 aromatic rings. The van der Waals surface area contributed by atoms with Crippen molar-refractivity contribution in [3.8, 4) is 0 Å². The molecule has 28 heavy (non-hydrogen) atoms. The van der Waals surface area contributed by atoms with Crippen molar-refractivity contribution in [2.24, 2.45) is 35.5 Å². The minimum Gasteiger partial charge on any atom is -0.461 e. The van der Waals surface area contributed by atoms with Gasteiger partial charge in [-0.1, -0.05) is 61.3 Å². The summed E-state index contributed by atoms with van der Waals surface area (Å²) >= 11 is 0. The molecule has 0 fully saturated rings. The van der Waals surface area contributed by atoms with Crippen molar-refractivity contribution in [3.63, 3.8) is 0 Å². The molecule has 9 atom stereocenters. The smallest absolute Gasteiger partial charge is 0.311 e. The van der Waals surface area contributed by atoms with Crippen molar-refractivity contribution in [3.05, 3.63) is 0 Å². The van der Waals surface area contributed by atoms with Gasteiger partial charge in [0, 0.05) is 5.92 Å². The second-order valence-electron chi connectivity index (χ2n) is 8.99. The van der Waals surface area contributed by atoms with Gasteiger partial charge in [0.25, 0.3) is 0 Å². The zero-order chi connectivity index (χ0) is 22.0. The first-order valence-corrected chi connectivity index (χ1v) is 10.9. The van der Waals surface area contributed by atoms with Crippen molar-refractivity contribution in [2.75, 3.05) is 0 Å². The number of aliphatic hydroxyl groups excluding tert-OH is 2. The predicted octanol–water partition coefficient (Wildman–Crippen LogP) is 4.48. The third kappa shape index (κ3) is 8.76. The van der Waals surface area contributed by atoms with E-state index in [0.717, 1.165) is 25.7 Å². The fourth-order valence-corrected chi connectivity index (χ4v) is 3.75. The Bertz CT molecular complexity index is 429. The van der Waals surface area contributed by atoms with Crippen molar-refractivity contribution in [1.29, 1.82) is 0 Å². The van der Waals surface area contributed by atoms with E-state index in [1.54, 1.807) is 13.8 Å². The maximum Gasteiger partial charge on any atom is 0.311 e. The van der Waals surface area contributed by atoms with Crippen LogP contribution < -0.4 is 0 Å². The third-order valence-electron chi connectivity index (χ3n) is 6.30. The van der Waals surface area contributed by atoms with Crippen LogP contribution in [-0.2, 0) is 14.4 Å². The van der Waals surface area contributed by atoms with E-state index in [4.69, 9.17) is 9.99 Å². The molecule has 0 amide bonds. The van der Waals surface area contributed by atoms with Gasteiger partial charge in [-0.05, 0) is 43.4 Å². The summed E-state index contributed by atoms with van der Waals surface area (Å²) in [6, 6.07) is 0. The normalized spacial score (nSPS) is 21.7. The van der Waals surface area contributed by atoms with Crippen LogP contribution in [0.15, 0.2) is 0 Å². The molecule has 0 spiro atoms. The van der Waals surface area contributed by atoms with Gasteiger partial charge in [-0.25, -0.2) is 10.1 Å². The lowest BCUT2D eigenvalue weighted by Crippen LogP contribution is -2.42. The number of carbonyl (C=O) groups excluding carboxylic acids is 1. The highest BCUT2D eigenvalue weighted by Gasteiger charge is 2.36. The average Bonchev–Trinajstić information content (AvgIpc) is 2.68. The van der Waals surface area contributed by atoms with Gasteiger partial charge < -0.3 is 14.9 Å². The molecule has 3 N–H and O–H groups in total. The first-order valence-electron chi connectivity index (χ1n) is 10.9. The Morgan fingerprint density at radius 1 is 0.857 bits per heavy atom. The van der Waals surface area contributed by atoms with Gasteiger partial charge in [0.2, 0.25) is 0 Å². The van der Waals surface area contributed by atoms with Crippen LogP contribution in [0.4, 0.5) is 0 Å². The van der Waals surface area contributed by atoms with Crippen LogP contribution in [0.2, 0.25) is 0 Å². The van der Waals surface area contributed by atoms with Crippen LogP contribution in [0.1, 0.15) is 81.1 Å². The fourth-order valence-electron chi connectivity index (χ4n) is 3.75. The van der Waals surface area contributed by atoms with Gasteiger partial charge in [-0.15, -0.1) is 0 Å². The average molecular weight is 405 g/mol.